The normalized spacial score (nSPS) is 11.2. The van der Waals surface area contributed by atoms with Crippen molar-refractivity contribution in [3.05, 3.63) is 23.8 Å². The van der Waals surface area contributed by atoms with Crippen LogP contribution in [-0.4, -0.2) is 25.6 Å². The molecular weight excluding hydrogens is 228 g/mol. The number of aryl methyl sites for hydroxylation is 1. The molecule has 4 nitrogen and oxygen atoms in total. The maximum atomic E-state index is 11.6. The summed E-state index contributed by atoms with van der Waals surface area (Å²) in [6, 6.07) is 5.33. The van der Waals surface area contributed by atoms with Crippen LogP contribution in [0.2, 0.25) is 0 Å². The van der Waals surface area contributed by atoms with Crippen molar-refractivity contribution in [3.8, 4) is 18.1 Å². The van der Waals surface area contributed by atoms with Crippen molar-refractivity contribution in [3.63, 3.8) is 0 Å². The number of benzene rings is 1. The SMILES string of the molecule is C#CCNC(=O)C(C)Nc1ccc(OC)c(C)c1. The second-order valence-corrected chi connectivity index (χ2v) is 3.97. The number of carbonyl (C=O) groups is 1. The van der Waals surface area contributed by atoms with Gasteiger partial charge in [-0.1, -0.05) is 5.92 Å². The topological polar surface area (TPSA) is 50.4 Å². The third kappa shape index (κ3) is 3.70. The molecule has 4 heteroatoms. The summed E-state index contributed by atoms with van der Waals surface area (Å²) in [4.78, 5) is 11.6. The maximum absolute atomic E-state index is 11.6. The molecule has 0 aromatic heterocycles. The van der Waals surface area contributed by atoms with Crippen LogP contribution >= 0.6 is 0 Å². The minimum absolute atomic E-state index is 0.124. The number of carbonyl (C=O) groups excluding carboxylic acids is 1. The van der Waals surface area contributed by atoms with Crippen LogP contribution in [0.5, 0.6) is 5.75 Å². The zero-order valence-electron chi connectivity index (χ0n) is 10.9. The fourth-order valence-corrected chi connectivity index (χ4v) is 1.58. The van der Waals surface area contributed by atoms with Gasteiger partial charge in [0.05, 0.1) is 13.7 Å². The highest BCUT2D eigenvalue weighted by Gasteiger charge is 2.11. The molecule has 2 N–H and O–H groups in total. The van der Waals surface area contributed by atoms with Crippen molar-refractivity contribution in [2.75, 3.05) is 19.0 Å². The summed E-state index contributed by atoms with van der Waals surface area (Å²) >= 11 is 0. The first-order valence-electron chi connectivity index (χ1n) is 5.71. The van der Waals surface area contributed by atoms with Crippen LogP contribution in [0.1, 0.15) is 12.5 Å². The maximum Gasteiger partial charge on any atom is 0.242 e. The van der Waals surface area contributed by atoms with E-state index in [4.69, 9.17) is 11.2 Å². The third-order valence-corrected chi connectivity index (χ3v) is 2.54. The van der Waals surface area contributed by atoms with Crippen molar-refractivity contribution in [1.29, 1.82) is 0 Å². The van der Waals surface area contributed by atoms with E-state index in [0.29, 0.717) is 0 Å². The van der Waals surface area contributed by atoms with Gasteiger partial charge in [-0.2, -0.15) is 0 Å². The third-order valence-electron chi connectivity index (χ3n) is 2.54. The van der Waals surface area contributed by atoms with E-state index < -0.39 is 0 Å². The lowest BCUT2D eigenvalue weighted by atomic mass is 10.2. The summed E-state index contributed by atoms with van der Waals surface area (Å²) in [5.41, 5.74) is 1.88. The number of terminal acetylenes is 1. The number of nitrogens with one attached hydrogen (secondary N) is 2. The number of anilines is 1. The molecule has 1 rings (SSSR count). The predicted octanol–water partition coefficient (Wildman–Crippen LogP) is 1.55. The van der Waals surface area contributed by atoms with Gasteiger partial charge in [0.2, 0.25) is 5.91 Å². The summed E-state index contributed by atoms with van der Waals surface area (Å²) in [6.45, 7) is 3.98. The first kappa shape index (κ1) is 13.9. The van der Waals surface area contributed by atoms with Gasteiger partial charge >= 0.3 is 0 Å². The molecule has 1 aromatic carbocycles. The van der Waals surface area contributed by atoms with Crippen molar-refractivity contribution >= 4 is 11.6 Å². The smallest absolute Gasteiger partial charge is 0.242 e. The van der Waals surface area contributed by atoms with Crippen LogP contribution < -0.4 is 15.4 Å². The van der Waals surface area contributed by atoms with E-state index in [9.17, 15) is 4.79 Å². The Morgan fingerprint density at radius 1 is 1.56 bits per heavy atom. The Labute approximate surface area is 108 Å². The fraction of sp³-hybridized carbons (Fsp3) is 0.357. The molecule has 0 radical (unpaired) electrons. The van der Waals surface area contributed by atoms with Gasteiger partial charge in [-0.05, 0) is 37.6 Å². The van der Waals surface area contributed by atoms with Gasteiger partial charge in [0.1, 0.15) is 11.8 Å². The lowest BCUT2D eigenvalue weighted by Gasteiger charge is -2.15. The minimum atomic E-state index is -0.342. The summed E-state index contributed by atoms with van der Waals surface area (Å²) in [5.74, 6) is 3.07. The lowest BCUT2D eigenvalue weighted by Crippen LogP contribution is -2.37. The largest absolute Gasteiger partial charge is 0.496 e. The lowest BCUT2D eigenvalue weighted by molar-refractivity contribution is -0.121. The summed E-state index contributed by atoms with van der Waals surface area (Å²) in [6.07, 6.45) is 5.08. The van der Waals surface area contributed by atoms with Gasteiger partial charge in [0, 0.05) is 5.69 Å². The summed E-state index contributed by atoms with van der Waals surface area (Å²) < 4.78 is 5.18. The molecule has 0 bridgehead atoms. The molecule has 0 aliphatic rings. The molecule has 18 heavy (non-hydrogen) atoms. The molecule has 0 aliphatic heterocycles. The van der Waals surface area contributed by atoms with E-state index in [2.05, 4.69) is 16.6 Å². The van der Waals surface area contributed by atoms with Crippen LogP contribution in [-0.2, 0) is 4.79 Å². The number of amides is 1. The van der Waals surface area contributed by atoms with Crippen LogP contribution in [0.3, 0.4) is 0 Å². The molecular formula is C14H18N2O2. The van der Waals surface area contributed by atoms with Gasteiger partial charge in [-0.25, -0.2) is 0 Å². The molecule has 0 heterocycles. The number of hydrogen-bond acceptors (Lipinski definition) is 3. The quantitative estimate of drug-likeness (QED) is 0.775. The van der Waals surface area contributed by atoms with Gasteiger partial charge in [-0.15, -0.1) is 6.42 Å². The van der Waals surface area contributed by atoms with E-state index in [0.717, 1.165) is 17.0 Å². The molecule has 0 spiro atoms. The zero-order chi connectivity index (χ0) is 13.5. The first-order valence-corrected chi connectivity index (χ1v) is 5.71. The second kappa shape index (κ2) is 6.55. The molecule has 0 saturated carbocycles. The average molecular weight is 246 g/mol. The Morgan fingerprint density at radius 2 is 2.28 bits per heavy atom. The van der Waals surface area contributed by atoms with Crippen LogP contribution in [0.4, 0.5) is 5.69 Å². The molecule has 1 aromatic rings. The minimum Gasteiger partial charge on any atom is -0.496 e. The van der Waals surface area contributed by atoms with Gasteiger partial charge < -0.3 is 15.4 Å². The van der Waals surface area contributed by atoms with Crippen molar-refractivity contribution < 1.29 is 9.53 Å². The molecule has 96 valence electrons. The zero-order valence-corrected chi connectivity index (χ0v) is 10.9. The summed E-state index contributed by atoms with van der Waals surface area (Å²) in [7, 11) is 1.63. The molecule has 0 saturated heterocycles. The van der Waals surface area contributed by atoms with Crippen LogP contribution in [0, 0.1) is 19.3 Å². The van der Waals surface area contributed by atoms with Gasteiger partial charge in [0.15, 0.2) is 0 Å². The molecule has 0 aliphatic carbocycles. The second-order valence-electron chi connectivity index (χ2n) is 3.97. The molecule has 1 unspecified atom stereocenters. The van der Waals surface area contributed by atoms with E-state index in [1.807, 2.05) is 25.1 Å². The fourth-order valence-electron chi connectivity index (χ4n) is 1.58. The van der Waals surface area contributed by atoms with E-state index in [1.54, 1.807) is 14.0 Å². The Kier molecular flexibility index (Phi) is 5.06. The van der Waals surface area contributed by atoms with E-state index >= 15 is 0 Å². The first-order chi connectivity index (χ1) is 8.58. The molecule has 1 atom stereocenters. The molecule has 0 fully saturated rings. The van der Waals surface area contributed by atoms with Crippen LogP contribution in [0.25, 0.3) is 0 Å². The average Bonchev–Trinajstić information content (AvgIpc) is 2.36. The van der Waals surface area contributed by atoms with E-state index in [1.165, 1.54) is 0 Å². The van der Waals surface area contributed by atoms with Crippen molar-refractivity contribution in [2.24, 2.45) is 0 Å². The number of rotatable bonds is 5. The van der Waals surface area contributed by atoms with Gasteiger partial charge in [0.25, 0.3) is 0 Å². The highest BCUT2D eigenvalue weighted by molar-refractivity contribution is 5.84. The van der Waals surface area contributed by atoms with Crippen molar-refractivity contribution in [1.82, 2.24) is 5.32 Å². The van der Waals surface area contributed by atoms with E-state index in [-0.39, 0.29) is 18.5 Å². The van der Waals surface area contributed by atoms with Gasteiger partial charge in [-0.3, -0.25) is 4.79 Å². The van der Waals surface area contributed by atoms with Crippen molar-refractivity contribution in [2.45, 2.75) is 19.9 Å². The Hall–Kier alpha value is -2.15. The monoisotopic (exact) mass is 246 g/mol. The number of methoxy groups -OCH3 is 1. The standard InChI is InChI=1S/C14H18N2O2/c1-5-8-15-14(17)11(3)16-12-6-7-13(18-4)10(2)9-12/h1,6-7,9,11,16H,8H2,2-4H3,(H,15,17). The number of ether oxygens (including phenoxy) is 1. The summed E-state index contributed by atoms with van der Waals surface area (Å²) in [5, 5.41) is 5.73. The predicted molar refractivity (Wildman–Crippen MR) is 72.7 cm³/mol. The number of hydrogen-bond donors (Lipinski definition) is 2. The highest BCUT2D eigenvalue weighted by Crippen LogP contribution is 2.21. The highest BCUT2D eigenvalue weighted by atomic mass is 16.5. The molecule has 1 amide bonds. The Morgan fingerprint density at radius 3 is 2.83 bits per heavy atom. The Bertz CT molecular complexity index is 463. The Balaban J connectivity index is 2.65. The van der Waals surface area contributed by atoms with Crippen LogP contribution in [0.15, 0.2) is 18.2 Å².